The maximum atomic E-state index is 2.51. The van der Waals surface area contributed by atoms with E-state index in [1.807, 2.05) is 0 Å². The van der Waals surface area contributed by atoms with Crippen LogP contribution in [0, 0.1) is 0 Å². The number of nitrogens with zero attached hydrogens (tertiary/aromatic N) is 1. The first-order chi connectivity index (χ1) is 36.5. The average molecular weight is 964 g/mol. The number of rotatable bonds is 8. The van der Waals surface area contributed by atoms with Crippen molar-refractivity contribution in [1.82, 2.24) is 0 Å². The Labute approximate surface area is 443 Å². The highest BCUT2D eigenvalue weighted by Crippen LogP contribution is 2.59. The lowest BCUT2D eigenvalue weighted by molar-refractivity contribution is 0.589. The summed E-state index contributed by atoms with van der Waals surface area (Å²) in [6, 6.07) is 98.5. The van der Waals surface area contributed by atoms with E-state index >= 15 is 0 Å². The highest BCUT2D eigenvalue weighted by Gasteiger charge is 2.48. The van der Waals surface area contributed by atoms with Crippen LogP contribution in [-0.4, -0.2) is 0 Å². The lowest BCUT2D eigenvalue weighted by Crippen LogP contribution is -2.29. The van der Waals surface area contributed by atoms with Crippen LogP contribution in [0.25, 0.3) is 44.2 Å². The minimum atomic E-state index is -0.551. The van der Waals surface area contributed by atoms with Gasteiger partial charge in [-0.3, -0.25) is 0 Å². The first kappa shape index (κ1) is 46.3. The maximum Gasteiger partial charge on any atom is 0.0714 e. The van der Waals surface area contributed by atoms with Gasteiger partial charge in [-0.1, -0.05) is 266 Å². The molecule has 0 heterocycles. The minimum absolute atomic E-state index is 0.0314. The fourth-order valence-electron chi connectivity index (χ4n) is 13.0. The second-order valence-corrected chi connectivity index (χ2v) is 22.8. The summed E-state index contributed by atoms with van der Waals surface area (Å²) in [5, 5.41) is 2.39. The van der Waals surface area contributed by atoms with Crippen LogP contribution in [0.3, 0.4) is 0 Å². The Balaban J connectivity index is 1.01. The zero-order valence-corrected chi connectivity index (χ0v) is 43.8. The predicted octanol–water partition coefficient (Wildman–Crippen LogP) is 19.3. The zero-order chi connectivity index (χ0) is 51.1. The Hall–Kier alpha value is -8.52. The molecule has 2 unspecified atom stereocenters. The van der Waals surface area contributed by atoms with Gasteiger partial charge in [0.05, 0.1) is 16.5 Å². The smallest absolute Gasteiger partial charge is 0.0714 e. The van der Waals surface area contributed by atoms with Gasteiger partial charge in [0.1, 0.15) is 0 Å². The quantitative estimate of drug-likeness (QED) is 0.147. The van der Waals surface area contributed by atoms with Crippen LogP contribution in [0.4, 0.5) is 17.1 Å². The van der Waals surface area contributed by atoms with Gasteiger partial charge in [-0.15, -0.1) is 0 Å². The van der Waals surface area contributed by atoms with Crippen molar-refractivity contribution in [3.05, 3.63) is 316 Å². The molecule has 11 aromatic rings. The Morgan fingerprint density at radius 2 is 0.680 bits per heavy atom. The molecule has 0 spiro atoms. The van der Waals surface area contributed by atoms with Gasteiger partial charge in [-0.05, 0) is 142 Å². The Morgan fingerprint density at radius 3 is 1.20 bits per heavy atom. The van der Waals surface area contributed by atoms with Crippen LogP contribution in [-0.2, 0) is 21.7 Å². The molecular formula is C74H61N. The van der Waals surface area contributed by atoms with Crippen LogP contribution in [0.5, 0.6) is 0 Å². The molecule has 0 aliphatic heterocycles. The molecule has 0 saturated heterocycles. The number of fused-ring (bicyclic) bond motifs is 7. The van der Waals surface area contributed by atoms with E-state index < -0.39 is 10.8 Å². The van der Waals surface area contributed by atoms with Gasteiger partial charge in [0.25, 0.3) is 0 Å². The average Bonchev–Trinajstić information content (AvgIpc) is 3.92. The molecule has 0 bridgehead atoms. The van der Waals surface area contributed by atoms with Gasteiger partial charge in [0.15, 0.2) is 0 Å². The summed E-state index contributed by atoms with van der Waals surface area (Å²) in [4.78, 5) is 2.48. The van der Waals surface area contributed by atoms with Crippen LogP contribution in [0.1, 0.15) is 97.2 Å². The lowest BCUT2D eigenvalue weighted by atomic mass is 9.67. The predicted molar refractivity (Wildman–Crippen MR) is 316 cm³/mol. The number of para-hydroxylation sites is 1. The molecule has 1 heteroatoms. The third-order valence-electron chi connectivity index (χ3n) is 16.6. The van der Waals surface area contributed by atoms with E-state index in [9.17, 15) is 0 Å². The van der Waals surface area contributed by atoms with Crippen molar-refractivity contribution in [3.8, 4) is 33.4 Å². The van der Waals surface area contributed by atoms with Crippen LogP contribution >= 0.6 is 0 Å². The van der Waals surface area contributed by atoms with E-state index in [1.54, 1.807) is 0 Å². The highest BCUT2D eigenvalue weighted by atomic mass is 15.1. The van der Waals surface area contributed by atoms with Crippen molar-refractivity contribution in [2.75, 3.05) is 4.90 Å². The van der Waals surface area contributed by atoms with E-state index in [0.29, 0.717) is 0 Å². The molecule has 362 valence electrons. The molecule has 2 aliphatic carbocycles. The molecule has 0 radical (unpaired) electrons. The largest absolute Gasteiger partial charge is 0.310 e. The monoisotopic (exact) mass is 963 g/mol. The highest BCUT2D eigenvalue weighted by molar-refractivity contribution is 6.07. The van der Waals surface area contributed by atoms with Crippen molar-refractivity contribution in [2.45, 2.75) is 63.2 Å². The van der Waals surface area contributed by atoms with Gasteiger partial charge in [0, 0.05) is 16.8 Å². The third kappa shape index (κ3) is 7.20. The molecule has 0 saturated carbocycles. The first-order valence-electron chi connectivity index (χ1n) is 26.7. The lowest BCUT2D eigenvalue weighted by Gasteiger charge is -2.35. The van der Waals surface area contributed by atoms with Crippen molar-refractivity contribution in [1.29, 1.82) is 0 Å². The molecular weight excluding hydrogens is 903 g/mol. The molecule has 1 nitrogen and oxygen atoms in total. The van der Waals surface area contributed by atoms with Crippen molar-refractivity contribution < 1.29 is 0 Å². The Bertz CT molecular complexity index is 3930. The second kappa shape index (κ2) is 17.6. The molecule has 2 atom stereocenters. The fraction of sp³-hybridized carbons (Fsp3) is 0.135. The SMILES string of the molecule is CC(C)(C)c1ccc(C2(c3ccccc3)c3ccccc3-c3ccc(-c4ccc(N(c5ccccc5)c5ccc6c(c5)C(c5ccccc5)(c5ccc(C(C)(C)C)cc5)c5ccccc5-6)c5ccccc45)cc32)cc1. The molecule has 2 aliphatic rings. The van der Waals surface area contributed by atoms with Crippen LogP contribution < -0.4 is 4.90 Å². The summed E-state index contributed by atoms with van der Waals surface area (Å²) in [7, 11) is 0. The zero-order valence-electron chi connectivity index (χ0n) is 43.8. The van der Waals surface area contributed by atoms with Crippen LogP contribution in [0.2, 0.25) is 0 Å². The van der Waals surface area contributed by atoms with Gasteiger partial charge >= 0.3 is 0 Å². The molecule has 0 fully saturated rings. The van der Waals surface area contributed by atoms with Crippen molar-refractivity contribution in [2.24, 2.45) is 0 Å². The summed E-state index contributed by atoms with van der Waals surface area (Å²) in [6.45, 7) is 13.8. The number of benzene rings is 11. The standard InChI is InChI=1S/C74H61N/c1-71(2,3)51-35-39-55(40-36-51)73(53-22-10-7-11-23-53)66-32-20-18-29-61(66)63-44-34-50(48-68(63)73)59-46-47-70(65-31-17-16-28-60(59)65)75(57-26-14-9-15-27-57)58-43-45-64-62-30-19-21-33-67(62)74(69(64)49-58,54-24-12-8-13-25-54)56-41-37-52(38-42-56)72(4,5)6/h7-49H,1-6H3. The maximum absolute atomic E-state index is 2.51. The van der Waals surface area contributed by atoms with E-state index in [4.69, 9.17) is 0 Å². The van der Waals surface area contributed by atoms with Gasteiger partial charge in [-0.2, -0.15) is 0 Å². The topological polar surface area (TPSA) is 3.24 Å². The van der Waals surface area contributed by atoms with Crippen molar-refractivity contribution >= 4 is 27.8 Å². The second-order valence-electron chi connectivity index (χ2n) is 22.8. The number of hydrogen-bond acceptors (Lipinski definition) is 1. The normalized spacial score (nSPS) is 16.5. The first-order valence-corrected chi connectivity index (χ1v) is 26.7. The Kier molecular flexibility index (Phi) is 10.8. The summed E-state index contributed by atoms with van der Waals surface area (Å²) in [6.07, 6.45) is 0. The van der Waals surface area contributed by atoms with E-state index in [-0.39, 0.29) is 10.8 Å². The number of anilines is 3. The molecule has 13 rings (SSSR count). The van der Waals surface area contributed by atoms with Crippen LogP contribution in [0.15, 0.2) is 261 Å². The van der Waals surface area contributed by atoms with Gasteiger partial charge in [-0.25, -0.2) is 0 Å². The summed E-state index contributed by atoms with van der Waals surface area (Å²) < 4.78 is 0. The van der Waals surface area contributed by atoms with Crippen molar-refractivity contribution in [3.63, 3.8) is 0 Å². The van der Waals surface area contributed by atoms with Gasteiger partial charge < -0.3 is 4.90 Å². The Morgan fingerprint density at radius 1 is 0.280 bits per heavy atom. The van der Waals surface area contributed by atoms with Gasteiger partial charge in [0.2, 0.25) is 0 Å². The van der Waals surface area contributed by atoms with E-state index in [0.717, 1.165) is 17.1 Å². The molecule has 75 heavy (non-hydrogen) atoms. The summed E-state index contributed by atoms with van der Waals surface area (Å²) in [5.41, 5.74) is 22.8. The minimum Gasteiger partial charge on any atom is -0.310 e. The molecule has 0 N–H and O–H groups in total. The van der Waals surface area contributed by atoms with E-state index in [1.165, 1.54) is 99.8 Å². The third-order valence-corrected chi connectivity index (χ3v) is 16.6. The fourth-order valence-corrected chi connectivity index (χ4v) is 13.0. The molecule has 11 aromatic carbocycles. The summed E-state index contributed by atoms with van der Waals surface area (Å²) in [5.74, 6) is 0. The molecule has 0 aromatic heterocycles. The summed E-state index contributed by atoms with van der Waals surface area (Å²) >= 11 is 0. The molecule has 0 amide bonds. The van der Waals surface area contributed by atoms with E-state index in [2.05, 4.69) is 307 Å². The number of hydrogen-bond donors (Lipinski definition) is 0.